The van der Waals surface area contributed by atoms with E-state index in [2.05, 4.69) is 4.74 Å². The Morgan fingerprint density at radius 1 is 1.10 bits per heavy atom. The molecule has 2 unspecified atom stereocenters. The molecule has 0 saturated carbocycles. The first-order valence-corrected chi connectivity index (χ1v) is 5.57. The van der Waals surface area contributed by atoms with Crippen LogP contribution in [-0.4, -0.2) is 52.4 Å². The quantitative estimate of drug-likeness (QED) is 0.479. The van der Waals surface area contributed by atoms with Crippen molar-refractivity contribution in [3.8, 4) is 17.2 Å². The van der Waals surface area contributed by atoms with Crippen molar-refractivity contribution in [2.45, 2.75) is 17.7 Å². The Kier molecular flexibility index (Phi) is 5.08. The number of alkyl halides is 2. The SMILES string of the molecule is [B]C(N)(O)C([B])(O)c1cc(OC)c(OC(F)F)cc1OC. The molecule has 1 rings (SSSR count). The van der Waals surface area contributed by atoms with Crippen LogP contribution in [0.25, 0.3) is 0 Å². The van der Waals surface area contributed by atoms with Crippen LogP contribution in [0.5, 0.6) is 17.2 Å². The van der Waals surface area contributed by atoms with E-state index in [0.717, 1.165) is 12.1 Å². The van der Waals surface area contributed by atoms with E-state index in [-0.39, 0.29) is 22.8 Å². The van der Waals surface area contributed by atoms with Crippen molar-refractivity contribution in [2.24, 2.45) is 5.73 Å². The third-order valence-electron chi connectivity index (χ3n) is 2.72. The van der Waals surface area contributed by atoms with Crippen LogP contribution < -0.4 is 19.9 Å². The fourth-order valence-electron chi connectivity index (χ4n) is 1.57. The first-order valence-electron chi connectivity index (χ1n) is 5.57. The molecule has 4 N–H and O–H groups in total. The molecule has 0 aromatic heterocycles. The minimum Gasteiger partial charge on any atom is -0.496 e. The first-order chi connectivity index (χ1) is 9.54. The summed E-state index contributed by atoms with van der Waals surface area (Å²) in [5.41, 5.74) is -0.461. The molecule has 6 nitrogen and oxygen atoms in total. The number of hydrogen-bond acceptors (Lipinski definition) is 6. The molecule has 0 fully saturated rings. The number of aliphatic hydroxyl groups is 2. The molecule has 0 amide bonds. The van der Waals surface area contributed by atoms with Crippen molar-refractivity contribution in [3.63, 3.8) is 0 Å². The molecule has 4 radical (unpaired) electrons. The van der Waals surface area contributed by atoms with Gasteiger partial charge in [-0.1, -0.05) is 0 Å². The molecule has 1 aromatic rings. The maximum absolute atomic E-state index is 12.3. The van der Waals surface area contributed by atoms with Crippen molar-refractivity contribution in [3.05, 3.63) is 17.7 Å². The van der Waals surface area contributed by atoms with E-state index in [1.54, 1.807) is 0 Å². The Labute approximate surface area is 122 Å². The first kappa shape index (κ1) is 17.5. The van der Waals surface area contributed by atoms with Crippen LogP contribution in [0.4, 0.5) is 8.78 Å². The molecule has 10 heteroatoms. The van der Waals surface area contributed by atoms with Gasteiger partial charge in [0.25, 0.3) is 0 Å². The Hall–Kier alpha value is -1.51. The zero-order chi connectivity index (χ0) is 16.4. The molecule has 0 heterocycles. The molecule has 0 aliphatic carbocycles. The highest BCUT2D eigenvalue weighted by Gasteiger charge is 2.41. The van der Waals surface area contributed by atoms with Crippen LogP contribution in [-0.2, 0) is 5.50 Å². The number of methoxy groups -OCH3 is 2. The summed E-state index contributed by atoms with van der Waals surface area (Å²) >= 11 is 0. The predicted octanol–water partition coefficient (Wildman–Crippen LogP) is -0.608. The van der Waals surface area contributed by atoms with Crippen LogP contribution in [0.1, 0.15) is 5.56 Å². The van der Waals surface area contributed by atoms with Crippen molar-refractivity contribution in [2.75, 3.05) is 14.2 Å². The monoisotopic (exact) mass is 299 g/mol. The van der Waals surface area contributed by atoms with Gasteiger partial charge in [-0.05, 0) is 6.07 Å². The van der Waals surface area contributed by atoms with Crippen LogP contribution >= 0.6 is 0 Å². The van der Waals surface area contributed by atoms with Gasteiger partial charge in [0.05, 0.1) is 25.3 Å². The van der Waals surface area contributed by atoms with E-state index >= 15 is 0 Å². The van der Waals surface area contributed by atoms with Gasteiger partial charge in [-0.2, -0.15) is 8.78 Å². The zero-order valence-electron chi connectivity index (χ0n) is 11.3. The second kappa shape index (κ2) is 6.08. The average molecular weight is 299 g/mol. The summed E-state index contributed by atoms with van der Waals surface area (Å²) in [5.74, 6) is -0.744. The maximum Gasteiger partial charge on any atom is 0.387 e. The van der Waals surface area contributed by atoms with E-state index in [9.17, 15) is 19.0 Å². The highest BCUT2D eigenvalue weighted by molar-refractivity contribution is 6.25. The molecule has 0 saturated heterocycles. The maximum atomic E-state index is 12.3. The van der Waals surface area contributed by atoms with Gasteiger partial charge in [-0.15, -0.1) is 0 Å². The molecule has 0 aliphatic rings. The van der Waals surface area contributed by atoms with Crippen molar-refractivity contribution in [1.82, 2.24) is 0 Å². The highest BCUT2D eigenvalue weighted by Crippen LogP contribution is 2.41. The van der Waals surface area contributed by atoms with E-state index in [1.807, 2.05) is 0 Å². The van der Waals surface area contributed by atoms with Crippen LogP contribution in [0.15, 0.2) is 12.1 Å². The summed E-state index contributed by atoms with van der Waals surface area (Å²) in [6.45, 7) is -3.10. The van der Waals surface area contributed by atoms with Crippen LogP contribution in [0, 0.1) is 0 Å². The fourth-order valence-corrected chi connectivity index (χ4v) is 1.57. The largest absolute Gasteiger partial charge is 0.496 e. The number of ether oxygens (including phenoxy) is 3. The Morgan fingerprint density at radius 3 is 2.00 bits per heavy atom. The lowest BCUT2D eigenvalue weighted by molar-refractivity contribution is -0.0526. The van der Waals surface area contributed by atoms with Crippen molar-refractivity contribution >= 4 is 15.7 Å². The molecule has 0 bridgehead atoms. The number of benzene rings is 1. The summed E-state index contributed by atoms with van der Waals surface area (Å²) < 4.78 is 38.6. The molecule has 21 heavy (non-hydrogen) atoms. The average Bonchev–Trinajstić information content (AvgIpc) is 2.35. The second-order valence-electron chi connectivity index (χ2n) is 4.17. The lowest BCUT2D eigenvalue weighted by Gasteiger charge is -2.38. The van der Waals surface area contributed by atoms with Gasteiger partial charge in [-0.3, -0.25) is 0 Å². The van der Waals surface area contributed by atoms with Gasteiger partial charge < -0.3 is 30.2 Å². The molecule has 0 aliphatic heterocycles. The summed E-state index contributed by atoms with van der Waals surface area (Å²) in [6, 6.07) is 2.01. The Bertz CT molecular complexity index is 508. The lowest BCUT2D eigenvalue weighted by Crippen LogP contribution is -2.59. The third kappa shape index (κ3) is 3.58. The van der Waals surface area contributed by atoms with Crippen molar-refractivity contribution in [1.29, 1.82) is 0 Å². The number of rotatable bonds is 6. The second-order valence-corrected chi connectivity index (χ2v) is 4.17. The zero-order valence-corrected chi connectivity index (χ0v) is 11.3. The summed E-state index contributed by atoms with van der Waals surface area (Å²) in [7, 11) is 13.0. The number of nitrogens with two attached hydrogens (primary N) is 1. The van der Waals surface area contributed by atoms with Gasteiger partial charge in [0.15, 0.2) is 11.5 Å². The van der Waals surface area contributed by atoms with E-state index < -0.39 is 17.7 Å². The summed E-state index contributed by atoms with van der Waals surface area (Å²) in [4.78, 5) is 0. The minimum absolute atomic E-state index is 0.189. The predicted molar refractivity (Wildman–Crippen MR) is 70.7 cm³/mol. The number of hydrogen-bond donors (Lipinski definition) is 3. The standard InChI is InChI=1S/C11H13B2F2NO5/c1-19-6-4-8(21-9(14)15)7(20-2)3-5(6)10(12,17)11(13,16)18/h3-4,9,17-18H,16H2,1-2H3. The summed E-state index contributed by atoms with van der Waals surface area (Å²) in [5, 5.41) is 19.6. The smallest absolute Gasteiger partial charge is 0.387 e. The third-order valence-corrected chi connectivity index (χ3v) is 2.72. The fraction of sp³-hybridized carbons (Fsp3) is 0.455. The van der Waals surface area contributed by atoms with Gasteiger partial charge in [0.2, 0.25) is 0 Å². The Morgan fingerprint density at radius 2 is 1.62 bits per heavy atom. The van der Waals surface area contributed by atoms with Crippen molar-refractivity contribution < 1.29 is 33.2 Å². The molecule has 112 valence electrons. The van der Waals surface area contributed by atoms with Crippen LogP contribution in [0.2, 0.25) is 0 Å². The highest BCUT2D eigenvalue weighted by atomic mass is 19.3. The Balaban J connectivity index is 3.47. The van der Waals surface area contributed by atoms with Gasteiger partial charge >= 0.3 is 6.61 Å². The topological polar surface area (TPSA) is 94.2 Å². The summed E-state index contributed by atoms with van der Waals surface area (Å²) in [6.07, 6.45) is 0. The number of halogens is 2. The van der Waals surface area contributed by atoms with Gasteiger partial charge in [0.1, 0.15) is 21.4 Å². The molecule has 1 aromatic carbocycles. The van der Waals surface area contributed by atoms with E-state index in [1.165, 1.54) is 14.2 Å². The molecular weight excluding hydrogens is 286 g/mol. The molecular formula is C11H13B2F2NO5. The van der Waals surface area contributed by atoms with Crippen LogP contribution in [0.3, 0.4) is 0 Å². The lowest BCUT2D eigenvalue weighted by atomic mass is 9.61. The van der Waals surface area contributed by atoms with Gasteiger partial charge in [-0.25, -0.2) is 0 Å². The molecule has 2 atom stereocenters. The molecule has 0 spiro atoms. The normalized spacial score (nSPS) is 17.0. The van der Waals surface area contributed by atoms with Gasteiger partial charge in [0, 0.05) is 11.6 Å². The van der Waals surface area contributed by atoms with E-state index in [4.69, 9.17) is 30.9 Å². The van der Waals surface area contributed by atoms with E-state index in [0.29, 0.717) is 0 Å². The minimum atomic E-state index is -3.10.